The lowest BCUT2D eigenvalue weighted by molar-refractivity contribution is 0.0851. The van der Waals surface area contributed by atoms with Gasteiger partial charge in [-0.1, -0.05) is 26.2 Å². The Labute approximate surface area is 112 Å². The Balaban J connectivity index is 1.72. The van der Waals surface area contributed by atoms with Crippen LogP contribution in [0.2, 0.25) is 0 Å². The van der Waals surface area contributed by atoms with Crippen LogP contribution in [0.3, 0.4) is 0 Å². The summed E-state index contributed by atoms with van der Waals surface area (Å²) in [5, 5.41) is 12.3. The molecule has 1 aliphatic heterocycles. The van der Waals surface area contributed by atoms with Gasteiger partial charge in [-0.2, -0.15) is 5.26 Å². The highest BCUT2D eigenvalue weighted by molar-refractivity contribution is 4.91. The maximum Gasteiger partial charge on any atom is 0.0965 e. The van der Waals surface area contributed by atoms with Crippen LogP contribution in [0.15, 0.2) is 0 Å². The number of nitrogens with zero attached hydrogens (tertiary/aromatic N) is 2. The summed E-state index contributed by atoms with van der Waals surface area (Å²) in [4.78, 5) is 2.59. The third-order valence-electron chi connectivity index (χ3n) is 4.72. The average Bonchev–Trinajstić information content (AvgIpc) is 2.43. The molecule has 0 amide bonds. The van der Waals surface area contributed by atoms with E-state index in [-0.39, 0.29) is 6.04 Å². The molecule has 1 aliphatic carbocycles. The fourth-order valence-corrected chi connectivity index (χ4v) is 3.65. The number of piperidine rings is 1. The van der Waals surface area contributed by atoms with Gasteiger partial charge in [0.25, 0.3) is 0 Å². The Morgan fingerprint density at radius 3 is 2.78 bits per heavy atom. The molecular formula is C15H27N3. The Morgan fingerprint density at radius 1 is 1.28 bits per heavy atom. The minimum Gasteiger partial charge on any atom is -0.303 e. The molecule has 102 valence electrons. The fraction of sp³-hybridized carbons (Fsp3) is 0.933. The van der Waals surface area contributed by atoms with E-state index < -0.39 is 0 Å². The predicted octanol–water partition coefficient (Wildman–Crippen LogP) is 2.39. The molecule has 18 heavy (non-hydrogen) atoms. The number of rotatable bonds is 5. The van der Waals surface area contributed by atoms with E-state index in [1.165, 1.54) is 45.2 Å². The molecule has 0 aromatic rings. The molecule has 2 rings (SSSR count). The van der Waals surface area contributed by atoms with Crippen LogP contribution in [-0.4, -0.2) is 37.1 Å². The molecule has 1 N–H and O–H groups in total. The van der Waals surface area contributed by atoms with E-state index in [1.807, 2.05) is 0 Å². The number of nitriles is 1. The normalized spacial score (nSPS) is 30.4. The molecule has 1 heterocycles. The van der Waals surface area contributed by atoms with Crippen LogP contribution in [0.1, 0.15) is 45.4 Å². The summed E-state index contributed by atoms with van der Waals surface area (Å²) in [6.45, 7) is 6.59. The highest BCUT2D eigenvalue weighted by atomic mass is 15.1. The number of likely N-dealkylation sites (tertiary alicyclic amines) is 1. The van der Waals surface area contributed by atoms with E-state index >= 15 is 0 Å². The van der Waals surface area contributed by atoms with E-state index in [0.717, 1.165) is 31.3 Å². The second kappa shape index (κ2) is 7.11. The second-order valence-corrected chi connectivity index (χ2v) is 5.92. The van der Waals surface area contributed by atoms with E-state index in [0.29, 0.717) is 0 Å². The Hall–Kier alpha value is -0.590. The van der Waals surface area contributed by atoms with Crippen LogP contribution in [0.4, 0.5) is 0 Å². The molecular weight excluding hydrogens is 222 g/mol. The van der Waals surface area contributed by atoms with Gasteiger partial charge in [-0.05, 0) is 44.2 Å². The minimum absolute atomic E-state index is 0.0408. The van der Waals surface area contributed by atoms with Crippen LogP contribution in [-0.2, 0) is 0 Å². The SMILES string of the molecule is CCNC(C#N)CCN1CCC2CCCCC2C1. The largest absolute Gasteiger partial charge is 0.303 e. The lowest BCUT2D eigenvalue weighted by Gasteiger charge is -2.41. The summed E-state index contributed by atoms with van der Waals surface area (Å²) in [6.07, 6.45) is 8.17. The zero-order valence-electron chi connectivity index (χ0n) is 11.7. The van der Waals surface area contributed by atoms with Gasteiger partial charge in [-0.15, -0.1) is 0 Å². The van der Waals surface area contributed by atoms with Crippen molar-refractivity contribution >= 4 is 0 Å². The van der Waals surface area contributed by atoms with Crippen LogP contribution in [0.5, 0.6) is 0 Å². The van der Waals surface area contributed by atoms with Crippen molar-refractivity contribution in [3.05, 3.63) is 0 Å². The van der Waals surface area contributed by atoms with Crippen molar-refractivity contribution in [1.82, 2.24) is 10.2 Å². The van der Waals surface area contributed by atoms with Crippen molar-refractivity contribution < 1.29 is 0 Å². The molecule has 0 bridgehead atoms. The Kier molecular flexibility index (Phi) is 5.46. The lowest BCUT2D eigenvalue weighted by atomic mass is 9.75. The van der Waals surface area contributed by atoms with E-state index in [2.05, 4.69) is 23.2 Å². The number of hydrogen-bond donors (Lipinski definition) is 1. The van der Waals surface area contributed by atoms with Gasteiger partial charge in [-0.25, -0.2) is 0 Å². The molecule has 2 aliphatic rings. The van der Waals surface area contributed by atoms with Crippen molar-refractivity contribution in [1.29, 1.82) is 5.26 Å². The fourth-order valence-electron chi connectivity index (χ4n) is 3.65. The van der Waals surface area contributed by atoms with Gasteiger partial charge in [-0.3, -0.25) is 0 Å². The minimum atomic E-state index is 0.0408. The van der Waals surface area contributed by atoms with E-state index in [9.17, 15) is 0 Å². The average molecular weight is 249 g/mol. The first-order valence-corrected chi connectivity index (χ1v) is 7.68. The first-order valence-electron chi connectivity index (χ1n) is 7.68. The summed E-state index contributed by atoms with van der Waals surface area (Å²) >= 11 is 0. The second-order valence-electron chi connectivity index (χ2n) is 5.92. The first kappa shape index (κ1) is 13.8. The molecule has 3 heteroatoms. The summed E-state index contributed by atoms with van der Waals surface area (Å²) in [5.74, 6) is 1.96. The Morgan fingerprint density at radius 2 is 2.06 bits per heavy atom. The van der Waals surface area contributed by atoms with Gasteiger partial charge < -0.3 is 10.2 Å². The molecule has 3 nitrogen and oxygen atoms in total. The van der Waals surface area contributed by atoms with Crippen LogP contribution < -0.4 is 5.32 Å². The standard InChI is InChI=1S/C15H27N3/c1-2-17-15(11-16)8-10-18-9-7-13-5-3-4-6-14(13)12-18/h13-15,17H,2-10,12H2,1H3. The highest BCUT2D eigenvalue weighted by Gasteiger charge is 2.30. The van der Waals surface area contributed by atoms with E-state index in [1.54, 1.807) is 0 Å². The molecule has 2 fully saturated rings. The van der Waals surface area contributed by atoms with Gasteiger partial charge in [0.2, 0.25) is 0 Å². The molecule has 0 aromatic heterocycles. The summed E-state index contributed by atoms with van der Waals surface area (Å²) in [5.41, 5.74) is 0. The van der Waals surface area contributed by atoms with Gasteiger partial charge in [0, 0.05) is 13.1 Å². The zero-order valence-corrected chi connectivity index (χ0v) is 11.7. The summed E-state index contributed by atoms with van der Waals surface area (Å²) < 4.78 is 0. The van der Waals surface area contributed by atoms with Crippen molar-refractivity contribution in [3.8, 4) is 6.07 Å². The number of fused-ring (bicyclic) bond motifs is 1. The smallest absolute Gasteiger partial charge is 0.0965 e. The third kappa shape index (κ3) is 3.70. The van der Waals surface area contributed by atoms with Crippen molar-refractivity contribution in [2.24, 2.45) is 11.8 Å². The van der Waals surface area contributed by atoms with Crippen molar-refractivity contribution in [3.63, 3.8) is 0 Å². The highest BCUT2D eigenvalue weighted by Crippen LogP contribution is 2.35. The molecule has 1 saturated carbocycles. The van der Waals surface area contributed by atoms with Crippen LogP contribution in [0.25, 0.3) is 0 Å². The first-order chi connectivity index (χ1) is 8.83. The molecule has 3 atom stereocenters. The van der Waals surface area contributed by atoms with Gasteiger partial charge in [0.05, 0.1) is 12.1 Å². The molecule has 1 saturated heterocycles. The van der Waals surface area contributed by atoms with Crippen LogP contribution >= 0.6 is 0 Å². The number of hydrogen-bond acceptors (Lipinski definition) is 3. The van der Waals surface area contributed by atoms with Gasteiger partial charge in [0.1, 0.15) is 0 Å². The molecule has 0 spiro atoms. The maximum atomic E-state index is 9.04. The maximum absolute atomic E-state index is 9.04. The van der Waals surface area contributed by atoms with Crippen LogP contribution in [0, 0.1) is 23.2 Å². The quantitative estimate of drug-likeness (QED) is 0.813. The lowest BCUT2D eigenvalue weighted by Crippen LogP contribution is -2.43. The topological polar surface area (TPSA) is 39.1 Å². The van der Waals surface area contributed by atoms with E-state index in [4.69, 9.17) is 5.26 Å². The molecule has 3 unspecified atom stereocenters. The summed E-state index contributed by atoms with van der Waals surface area (Å²) in [6, 6.07) is 2.40. The van der Waals surface area contributed by atoms with Crippen molar-refractivity contribution in [2.45, 2.75) is 51.5 Å². The monoisotopic (exact) mass is 249 g/mol. The predicted molar refractivity (Wildman–Crippen MR) is 74.2 cm³/mol. The third-order valence-corrected chi connectivity index (χ3v) is 4.72. The number of nitrogens with one attached hydrogen (secondary N) is 1. The van der Waals surface area contributed by atoms with Crippen molar-refractivity contribution in [2.75, 3.05) is 26.2 Å². The zero-order chi connectivity index (χ0) is 12.8. The molecule has 0 radical (unpaired) electrons. The van der Waals surface area contributed by atoms with Gasteiger partial charge in [0.15, 0.2) is 0 Å². The molecule has 0 aromatic carbocycles. The van der Waals surface area contributed by atoms with Gasteiger partial charge >= 0.3 is 0 Å². The summed E-state index contributed by atoms with van der Waals surface area (Å²) in [7, 11) is 0. The Bertz CT molecular complexity index is 284.